The van der Waals surface area contributed by atoms with Crippen molar-refractivity contribution >= 4 is 83.3 Å². The molecule has 52 heavy (non-hydrogen) atoms. The quantitative estimate of drug-likeness (QED) is 0.163. The highest BCUT2D eigenvalue weighted by Gasteiger charge is 2.24. The number of rotatable bonds is 6. The van der Waals surface area contributed by atoms with Crippen LogP contribution in [0.5, 0.6) is 0 Å². The number of anilines is 5. The van der Waals surface area contributed by atoms with Gasteiger partial charge in [-0.1, -0.05) is 139 Å². The fraction of sp³-hybridized carbons (Fsp3) is 0.0800. The van der Waals surface area contributed by atoms with Gasteiger partial charge in [0, 0.05) is 38.4 Å². The monoisotopic (exact) mass is 666 g/mol. The van der Waals surface area contributed by atoms with Gasteiger partial charge in [-0.05, 0) is 101 Å². The molecule has 0 heterocycles. The van der Waals surface area contributed by atoms with Crippen LogP contribution in [-0.4, -0.2) is 0 Å². The summed E-state index contributed by atoms with van der Waals surface area (Å²) in [7, 11) is 0. The third-order valence-electron chi connectivity index (χ3n) is 11.0. The average Bonchev–Trinajstić information content (AvgIpc) is 3.19. The maximum absolute atomic E-state index is 2.53. The van der Waals surface area contributed by atoms with Crippen molar-refractivity contribution in [2.24, 2.45) is 0 Å². The van der Waals surface area contributed by atoms with Crippen LogP contribution in [0.15, 0.2) is 164 Å². The van der Waals surface area contributed by atoms with E-state index in [0.717, 1.165) is 18.5 Å². The molecule has 0 fully saturated rings. The largest absolute Gasteiger partial charge is 0.313 e. The molecule has 0 aromatic heterocycles. The molecule has 0 atom stereocenters. The van der Waals surface area contributed by atoms with Crippen molar-refractivity contribution in [3.63, 3.8) is 0 Å². The molecule has 9 aromatic rings. The second kappa shape index (κ2) is 12.1. The standard InChI is InChI=1S/C50H38N2/c1-33-17-25-39(26-18-33)51(45-15-7-11-35-9-3-5-13-41(35)45)47-31-23-37-22-30-44-48(32-24-38-21-29-43(47)49(37)50(38)44)52(40-27-19-34(2)20-28-40)46-16-8-12-36-10-4-6-14-42(36)46/h3-7,9-15,17-32H,8,16H2,1-2H3. The zero-order valence-corrected chi connectivity index (χ0v) is 29.5. The normalized spacial score (nSPS) is 12.8. The zero-order valence-electron chi connectivity index (χ0n) is 29.5. The summed E-state index contributed by atoms with van der Waals surface area (Å²) in [5.41, 5.74) is 9.76. The topological polar surface area (TPSA) is 6.48 Å². The molecule has 248 valence electrons. The highest BCUT2D eigenvalue weighted by molar-refractivity contribution is 6.28. The lowest BCUT2D eigenvalue weighted by atomic mass is 9.91. The van der Waals surface area contributed by atoms with Crippen LogP contribution < -0.4 is 20.2 Å². The van der Waals surface area contributed by atoms with Crippen LogP contribution in [0, 0.1) is 13.8 Å². The zero-order chi connectivity index (χ0) is 34.8. The highest BCUT2D eigenvalue weighted by Crippen LogP contribution is 2.48. The van der Waals surface area contributed by atoms with Crippen molar-refractivity contribution in [1.82, 2.24) is 0 Å². The molecule has 1 aliphatic rings. The predicted molar refractivity (Wildman–Crippen MR) is 223 cm³/mol. The molecule has 0 aliphatic heterocycles. The average molecular weight is 667 g/mol. The smallest absolute Gasteiger partial charge is 0.0540 e. The van der Waals surface area contributed by atoms with Crippen LogP contribution in [0.4, 0.5) is 28.4 Å². The Morgan fingerprint density at radius 2 is 0.942 bits per heavy atom. The lowest BCUT2D eigenvalue weighted by Gasteiger charge is -2.31. The van der Waals surface area contributed by atoms with Gasteiger partial charge >= 0.3 is 0 Å². The van der Waals surface area contributed by atoms with Crippen LogP contribution in [0.25, 0.3) is 54.9 Å². The molecule has 0 amide bonds. The molecule has 0 saturated carbocycles. The molecule has 0 radical (unpaired) electrons. The molecule has 10 rings (SSSR count). The maximum Gasteiger partial charge on any atom is 0.0540 e. The number of hydrogen-bond acceptors (Lipinski definition) is 2. The summed E-state index contributed by atoms with van der Waals surface area (Å²) in [5, 5.41) is 12.7. The van der Waals surface area contributed by atoms with Crippen LogP contribution in [0.3, 0.4) is 0 Å². The Kier molecular flexibility index (Phi) is 7.11. The number of aryl methyl sites for hydroxylation is 2. The van der Waals surface area contributed by atoms with E-state index < -0.39 is 0 Å². The maximum atomic E-state index is 2.53. The van der Waals surface area contributed by atoms with E-state index in [4.69, 9.17) is 0 Å². The number of nitrogens with zero attached hydrogens (tertiary/aromatic N) is 2. The molecule has 2 heteroatoms. The SMILES string of the molecule is Cc1ccc(N(C2=c3ccccc3=CCC2)c2ccc3ccc4c(N(c5ccc(C)cc5)c5cccc6ccccc56)ccc5ccc2c3c54)cc1. The second-order valence-corrected chi connectivity index (χ2v) is 14.2. The predicted octanol–water partition coefficient (Wildman–Crippen LogP) is 12.3. The lowest BCUT2D eigenvalue weighted by Crippen LogP contribution is -2.35. The van der Waals surface area contributed by atoms with E-state index in [-0.39, 0.29) is 0 Å². The lowest BCUT2D eigenvalue weighted by molar-refractivity contribution is 1.03. The summed E-state index contributed by atoms with van der Waals surface area (Å²) in [6.07, 6.45) is 4.38. The van der Waals surface area contributed by atoms with Crippen molar-refractivity contribution in [2.45, 2.75) is 26.7 Å². The minimum Gasteiger partial charge on any atom is -0.313 e. The minimum atomic E-state index is 0.980. The van der Waals surface area contributed by atoms with Crippen molar-refractivity contribution in [3.8, 4) is 0 Å². The van der Waals surface area contributed by atoms with Gasteiger partial charge in [-0.2, -0.15) is 0 Å². The highest BCUT2D eigenvalue weighted by atomic mass is 15.2. The van der Waals surface area contributed by atoms with Gasteiger partial charge in [0.25, 0.3) is 0 Å². The Morgan fingerprint density at radius 1 is 0.404 bits per heavy atom. The Hall–Kier alpha value is -6.38. The van der Waals surface area contributed by atoms with Gasteiger partial charge in [-0.25, -0.2) is 0 Å². The van der Waals surface area contributed by atoms with Crippen LogP contribution in [-0.2, 0) is 0 Å². The summed E-state index contributed by atoms with van der Waals surface area (Å²) in [6, 6.07) is 60.8. The first-order valence-electron chi connectivity index (χ1n) is 18.3. The number of benzene rings is 9. The van der Waals surface area contributed by atoms with Gasteiger partial charge in [0.1, 0.15) is 0 Å². The van der Waals surface area contributed by atoms with Gasteiger partial charge < -0.3 is 9.80 Å². The molecule has 0 bridgehead atoms. The first-order valence-corrected chi connectivity index (χ1v) is 18.3. The van der Waals surface area contributed by atoms with Gasteiger partial charge in [-0.3, -0.25) is 0 Å². The van der Waals surface area contributed by atoms with Crippen LogP contribution >= 0.6 is 0 Å². The first-order chi connectivity index (χ1) is 25.6. The Balaban J connectivity index is 1.27. The Labute approximate surface area is 304 Å². The number of hydrogen-bond donors (Lipinski definition) is 0. The van der Waals surface area contributed by atoms with Crippen molar-refractivity contribution in [3.05, 3.63) is 185 Å². The van der Waals surface area contributed by atoms with E-state index >= 15 is 0 Å². The van der Waals surface area contributed by atoms with Gasteiger partial charge in [0.15, 0.2) is 0 Å². The van der Waals surface area contributed by atoms with E-state index in [1.807, 2.05) is 0 Å². The molecule has 2 nitrogen and oxygen atoms in total. The molecule has 0 spiro atoms. The summed E-state index contributed by atoms with van der Waals surface area (Å²) >= 11 is 0. The summed E-state index contributed by atoms with van der Waals surface area (Å²) in [4.78, 5) is 4.99. The first kappa shape index (κ1) is 30.4. The Bertz CT molecular complexity index is 2910. The van der Waals surface area contributed by atoms with Gasteiger partial charge in [0.2, 0.25) is 0 Å². The summed E-state index contributed by atoms with van der Waals surface area (Å²) < 4.78 is 0. The summed E-state index contributed by atoms with van der Waals surface area (Å²) in [5.74, 6) is 0. The van der Waals surface area contributed by atoms with E-state index in [1.54, 1.807) is 0 Å². The molecular formula is C50H38N2. The third kappa shape index (κ3) is 4.86. The van der Waals surface area contributed by atoms with Gasteiger partial charge in [0.05, 0.1) is 17.1 Å². The molecule has 9 aromatic carbocycles. The van der Waals surface area contributed by atoms with Crippen LogP contribution in [0.2, 0.25) is 0 Å². The van der Waals surface area contributed by atoms with Crippen molar-refractivity contribution in [1.29, 1.82) is 0 Å². The van der Waals surface area contributed by atoms with Crippen LogP contribution in [0.1, 0.15) is 24.0 Å². The molecule has 0 N–H and O–H groups in total. The van der Waals surface area contributed by atoms with E-state index in [0.29, 0.717) is 0 Å². The minimum absolute atomic E-state index is 0.980. The second-order valence-electron chi connectivity index (χ2n) is 14.2. The molecule has 0 unspecified atom stereocenters. The fourth-order valence-corrected chi connectivity index (χ4v) is 8.47. The van der Waals surface area contributed by atoms with E-state index in [1.165, 1.54) is 93.1 Å². The van der Waals surface area contributed by atoms with Crippen molar-refractivity contribution in [2.75, 3.05) is 9.80 Å². The third-order valence-corrected chi connectivity index (χ3v) is 11.0. The number of fused-ring (bicyclic) bond motifs is 2. The van der Waals surface area contributed by atoms with Crippen molar-refractivity contribution < 1.29 is 0 Å². The molecule has 0 saturated heterocycles. The molecular weight excluding hydrogens is 629 g/mol. The Morgan fingerprint density at radius 3 is 1.63 bits per heavy atom. The van der Waals surface area contributed by atoms with E-state index in [2.05, 4.69) is 194 Å². The van der Waals surface area contributed by atoms with Gasteiger partial charge in [-0.15, -0.1) is 0 Å². The van der Waals surface area contributed by atoms with E-state index in [9.17, 15) is 0 Å². The molecule has 1 aliphatic carbocycles. The fourth-order valence-electron chi connectivity index (χ4n) is 8.47. The summed E-state index contributed by atoms with van der Waals surface area (Å²) in [6.45, 7) is 4.32.